The van der Waals surface area contributed by atoms with Gasteiger partial charge in [0.1, 0.15) is 21.3 Å². The number of rotatable bonds is 8. The van der Waals surface area contributed by atoms with E-state index in [1.165, 1.54) is 20.3 Å². The van der Waals surface area contributed by atoms with E-state index in [0.29, 0.717) is 16.9 Å². The molecule has 0 radical (unpaired) electrons. The van der Waals surface area contributed by atoms with Crippen LogP contribution in [0.3, 0.4) is 0 Å². The van der Waals surface area contributed by atoms with E-state index in [1.807, 2.05) is 31.2 Å². The summed E-state index contributed by atoms with van der Waals surface area (Å²) < 4.78 is 45.1. The average Bonchev–Trinajstić information content (AvgIpc) is 3.21. The van der Waals surface area contributed by atoms with Gasteiger partial charge in [-0.15, -0.1) is 11.3 Å². The van der Waals surface area contributed by atoms with Gasteiger partial charge in [-0.05, 0) is 31.5 Å². The second kappa shape index (κ2) is 9.40. The largest absolute Gasteiger partial charge is 0.497 e. The van der Waals surface area contributed by atoms with Crippen LogP contribution in [0.25, 0.3) is 11.1 Å². The van der Waals surface area contributed by atoms with Gasteiger partial charge in [0.15, 0.2) is 0 Å². The first kappa shape index (κ1) is 22.6. The third kappa shape index (κ3) is 4.83. The zero-order valence-corrected chi connectivity index (χ0v) is 19.2. The van der Waals surface area contributed by atoms with Gasteiger partial charge in [0, 0.05) is 17.0 Å². The number of benzene rings is 2. The normalized spacial score (nSPS) is 11.1. The van der Waals surface area contributed by atoms with Crippen molar-refractivity contribution in [1.82, 2.24) is 0 Å². The summed E-state index contributed by atoms with van der Waals surface area (Å²) in [5.41, 5.74) is 2.36. The van der Waals surface area contributed by atoms with Gasteiger partial charge in [0.25, 0.3) is 10.0 Å². The number of esters is 1. The van der Waals surface area contributed by atoms with Crippen molar-refractivity contribution in [2.24, 2.45) is 0 Å². The molecule has 3 aromatic rings. The SMILES string of the molecule is CCOC(=O)c1scc(-c2ccc(C)cc2)c1S(=O)(=O)Nc1ccc(OC)cc1OC. The van der Waals surface area contributed by atoms with Crippen molar-refractivity contribution in [3.8, 4) is 22.6 Å². The predicted molar refractivity (Wildman–Crippen MR) is 121 cm³/mol. The summed E-state index contributed by atoms with van der Waals surface area (Å²) >= 11 is 1.03. The van der Waals surface area contributed by atoms with Crippen LogP contribution >= 0.6 is 11.3 Å². The van der Waals surface area contributed by atoms with Crippen molar-refractivity contribution in [1.29, 1.82) is 0 Å². The first-order chi connectivity index (χ1) is 14.8. The monoisotopic (exact) mass is 461 g/mol. The van der Waals surface area contributed by atoms with Crippen molar-refractivity contribution in [3.05, 3.63) is 58.3 Å². The van der Waals surface area contributed by atoms with Crippen LogP contribution in [0.2, 0.25) is 0 Å². The Hall–Kier alpha value is -3.04. The molecule has 0 aliphatic rings. The minimum absolute atomic E-state index is 0.0115. The number of hydrogen-bond acceptors (Lipinski definition) is 7. The Balaban J connectivity index is 2.13. The number of thiophene rings is 1. The number of aryl methyl sites for hydroxylation is 1. The molecule has 0 saturated heterocycles. The van der Waals surface area contributed by atoms with Gasteiger partial charge in [-0.25, -0.2) is 13.2 Å². The number of sulfonamides is 1. The van der Waals surface area contributed by atoms with Crippen molar-refractivity contribution in [2.75, 3.05) is 25.5 Å². The van der Waals surface area contributed by atoms with Crippen LogP contribution in [0.15, 0.2) is 52.7 Å². The number of nitrogens with one attached hydrogen (secondary N) is 1. The lowest BCUT2D eigenvalue weighted by Crippen LogP contribution is -2.17. The highest BCUT2D eigenvalue weighted by atomic mass is 32.2. The molecule has 0 aliphatic heterocycles. The van der Waals surface area contributed by atoms with Crippen LogP contribution in [0.5, 0.6) is 11.5 Å². The zero-order valence-electron chi connectivity index (χ0n) is 17.6. The molecule has 0 amide bonds. The zero-order chi connectivity index (χ0) is 22.6. The van der Waals surface area contributed by atoms with Crippen molar-refractivity contribution in [3.63, 3.8) is 0 Å². The Morgan fingerprint density at radius 2 is 1.77 bits per heavy atom. The molecule has 0 saturated carbocycles. The smallest absolute Gasteiger partial charge is 0.349 e. The molecule has 7 nitrogen and oxygen atoms in total. The van der Waals surface area contributed by atoms with E-state index in [4.69, 9.17) is 14.2 Å². The molecule has 2 aromatic carbocycles. The standard InChI is InChI=1S/C22H23NO6S2/c1-5-29-22(24)20-21(17(13-30-20)15-8-6-14(2)7-9-15)31(25,26)23-18-11-10-16(27-3)12-19(18)28-4/h6-13,23H,5H2,1-4H3. The first-order valence-electron chi connectivity index (χ1n) is 9.41. The van der Waals surface area contributed by atoms with Gasteiger partial charge < -0.3 is 14.2 Å². The number of ether oxygens (including phenoxy) is 3. The first-order valence-corrected chi connectivity index (χ1v) is 11.8. The topological polar surface area (TPSA) is 90.9 Å². The summed E-state index contributed by atoms with van der Waals surface area (Å²) in [6, 6.07) is 12.1. The fraction of sp³-hybridized carbons (Fsp3) is 0.227. The fourth-order valence-corrected chi connectivity index (χ4v) is 5.73. The second-order valence-electron chi connectivity index (χ2n) is 6.57. The summed E-state index contributed by atoms with van der Waals surface area (Å²) in [7, 11) is -1.23. The van der Waals surface area contributed by atoms with Gasteiger partial charge in [0.05, 0.1) is 26.5 Å². The molecular formula is C22H23NO6S2. The number of hydrogen-bond donors (Lipinski definition) is 1. The Morgan fingerprint density at radius 3 is 2.39 bits per heavy atom. The van der Waals surface area contributed by atoms with Gasteiger partial charge in [-0.1, -0.05) is 29.8 Å². The molecule has 9 heteroatoms. The van der Waals surface area contributed by atoms with E-state index in [-0.39, 0.29) is 27.8 Å². The van der Waals surface area contributed by atoms with Crippen LogP contribution in [0.1, 0.15) is 22.2 Å². The summed E-state index contributed by atoms with van der Waals surface area (Å²) in [6.45, 7) is 3.74. The van der Waals surface area contributed by atoms with Crippen molar-refractivity contribution >= 4 is 33.0 Å². The highest BCUT2D eigenvalue weighted by molar-refractivity contribution is 7.93. The Labute approximate surface area is 185 Å². The van der Waals surface area contributed by atoms with Crippen molar-refractivity contribution in [2.45, 2.75) is 18.7 Å². The van der Waals surface area contributed by atoms with E-state index >= 15 is 0 Å². The van der Waals surface area contributed by atoms with Crippen LogP contribution in [-0.4, -0.2) is 35.2 Å². The molecule has 0 unspecified atom stereocenters. The molecule has 31 heavy (non-hydrogen) atoms. The molecule has 1 aromatic heterocycles. The molecule has 0 atom stereocenters. The highest BCUT2D eigenvalue weighted by Gasteiger charge is 2.30. The van der Waals surface area contributed by atoms with E-state index < -0.39 is 16.0 Å². The van der Waals surface area contributed by atoms with Gasteiger partial charge in [-0.2, -0.15) is 0 Å². The molecule has 1 N–H and O–H groups in total. The van der Waals surface area contributed by atoms with Crippen LogP contribution < -0.4 is 14.2 Å². The second-order valence-corrected chi connectivity index (χ2v) is 9.06. The summed E-state index contributed by atoms with van der Waals surface area (Å²) in [5.74, 6) is 0.114. The third-order valence-electron chi connectivity index (χ3n) is 4.49. The quantitative estimate of drug-likeness (QED) is 0.488. The lowest BCUT2D eigenvalue weighted by atomic mass is 10.1. The van der Waals surface area contributed by atoms with Crippen LogP contribution in [0.4, 0.5) is 5.69 Å². The van der Waals surface area contributed by atoms with Crippen LogP contribution in [-0.2, 0) is 14.8 Å². The number of carbonyl (C=O) groups excluding carboxylic acids is 1. The van der Waals surface area contributed by atoms with Gasteiger partial charge in [0.2, 0.25) is 0 Å². The lowest BCUT2D eigenvalue weighted by molar-refractivity contribution is 0.0528. The Kier molecular flexibility index (Phi) is 6.87. The van der Waals surface area contributed by atoms with E-state index in [9.17, 15) is 13.2 Å². The summed E-state index contributed by atoms with van der Waals surface area (Å²) in [4.78, 5) is 12.4. The van der Waals surface area contributed by atoms with Gasteiger partial charge >= 0.3 is 5.97 Å². The lowest BCUT2D eigenvalue weighted by Gasteiger charge is -2.14. The van der Waals surface area contributed by atoms with E-state index in [2.05, 4.69) is 4.72 Å². The Bertz CT molecular complexity index is 1180. The minimum Gasteiger partial charge on any atom is -0.497 e. The highest BCUT2D eigenvalue weighted by Crippen LogP contribution is 2.38. The molecular weight excluding hydrogens is 438 g/mol. The summed E-state index contributed by atoms with van der Waals surface area (Å²) in [6.07, 6.45) is 0. The van der Waals surface area contributed by atoms with Crippen LogP contribution in [0, 0.1) is 6.92 Å². The third-order valence-corrected chi connectivity index (χ3v) is 7.03. The maximum absolute atomic E-state index is 13.5. The van der Waals surface area contributed by atoms with Crippen molar-refractivity contribution < 1.29 is 27.4 Å². The molecule has 0 bridgehead atoms. The molecule has 0 spiro atoms. The average molecular weight is 462 g/mol. The maximum Gasteiger partial charge on any atom is 0.349 e. The maximum atomic E-state index is 13.5. The number of carbonyl (C=O) groups is 1. The molecule has 0 aliphatic carbocycles. The molecule has 3 rings (SSSR count). The fourth-order valence-electron chi connectivity index (χ4n) is 2.96. The number of methoxy groups -OCH3 is 2. The van der Waals surface area contributed by atoms with Gasteiger partial charge in [-0.3, -0.25) is 4.72 Å². The summed E-state index contributed by atoms with van der Waals surface area (Å²) in [5, 5.41) is 1.65. The van der Waals surface area contributed by atoms with E-state index in [0.717, 1.165) is 16.9 Å². The number of anilines is 1. The predicted octanol–water partition coefficient (Wildman–Crippen LogP) is 4.72. The Morgan fingerprint density at radius 1 is 1.06 bits per heavy atom. The molecule has 1 heterocycles. The van der Waals surface area contributed by atoms with E-state index in [1.54, 1.807) is 24.4 Å². The molecule has 0 fully saturated rings. The molecule has 164 valence electrons. The minimum atomic E-state index is -4.17.